The first-order valence-corrected chi connectivity index (χ1v) is 7.29. The van der Waals surface area contributed by atoms with Gasteiger partial charge in [-0.05, 0) is 30.5 Å². The van der Waals surface area contributed by atoms with Gasteiger partial charge in [-0.2, -0.15) is 0 Å². The molecule has 21 heavy (non-hydrogen) atoms. The highest BCUT2D eigenvalue weighted by molar-refractivity contribution is 5.87. The third-order valence-electron chi connectivity index (χ3n) is 3.35. The van der Waals surface area contributed by atoms with E-state index in [0.29, 0.717) is 6.54 Å². The van der Waals surface area contributed by atoms with E-state index in [1.807, 2.05) is 48.2 Å². The van der Waals surface area contributed by atoms with Crippen molar-refractivity contribution in [3.05, 3.63) is 83.9 Å². The number of allylic oxidation sites excluding steroid dienone is 1. The molecular weight excluding hydrogens is 258 g/mol. The Balaban J connectivity index is 2.03. The highest BCUT2D eigenvalue weighted by Gasteiger charge is 2.11. The Morgan fingerprint density at radius 1 is 0.952 bits per heavy atom. The van der Waals surface area contributed by atoms with Crippen molar-refractivity contribution >= 4 is 5.91 Å². The summed E-state index contributed by atoms with van der Waals surface area (Å²) in [5.74, 6) is 0.0669. The van der Waals surface area contributed by atoms with E-state index in [1.54, 1.807) is 12.2 Å². The first kappa shape index (κ1) is 15.0. The summed E-state index contributed by atoms with van der Waals surface area (Å²) in [6, 6.07) is 20.4. The molecule has 0 unspecified atom stereocenters. The van der Waals surface area contributed by atoms with Crippen LogP contribution >= 0.6 is 0 Å². The molecule has 0 atom stereocenters. The van der Waals surface area contributed by atoms with E-state index in [-0.39, 0.29) is 5.91 Å². The molecule has 0 aromatic heterocycles. The fourth-order valence-electron chi connectivity index (χ4n) is 2.23. The molecule has 0 fully saturated rings. The number of nitrogens with zero attached hydrogens (tertiary/aromatic N) is 1. The topological polar surface area (TPSA) is 20.3 Å². The van der Waals surface area contributed by atoms with Crippen LogP contribution in [0.5, 0.6) is 0 Å². The van der Waals surface area contributed by atoms with E-state index < -0.39 is 0 Å². The van der Waals surface area contributed by atoms with Gasteiger partial charge in [-0.15, -0.1) is 0 Å². The van der Waals surface area contributed by atoms with Gasteiger partial charge < -0.3 is 4.90 Å². The van der Waals surface area contributed by atoms with E-state index in [0.717, 1.165) is 18.5 Å². The summed E-state index contributed by atoms with van der Waals surface area (Å²) in [7, 11) is 0. The van der Waals surface area contributed by atoms with Crippen LogP contribution in [0.1, 0.15) is 18.1 Å². The van der Waals surface area contributed by atoms with Crippen LogP contribution in [-0.2, 0) is 17.8 Å². The summed E-state index contributed by atoms with van der Waals surface area (Å²) in [6.07, 6.45) is 4.30. The lowest BCUT2D eigenvalue weighted by molar-refractivity contribution is -0.126. The third-order valence-corrected chi connectivity index (χ3v) is 3.35. The van der Waals surface area contributed by atoms with Gasteiger partial charge in [-0.3, -0.25) is 4.79 Å². The van der Waals surface area contributed by atoms with Gasteiger partial charge in [-0.1, -0.05) is 66.7 Å². The first-order chi connectivity index (χ1) is 10.3. The molecule has 2 rings (SSSR count). The maximum absolute atomic E-state index is 12.2. The van der Waals surface area contributed by atoms with Gasteiger partial charge in [0.25, 0.3) is 0 Å². The summed E-state index contributed by atoms with van der Waals surface area (Å²) < 4.78 is 0. The smallest absolute Gasteiger partial charge is 0.246 e. The van der Waals surface area contributed by atoms with Crippen molar-refractivity contribution in [3.8, 4) is 0 Å². The molecule has 0 spiro atoms. The summed E-state index contributed by atoms with van der Waals surface area (Å²) in [4.78, 5) is 14.1. The summed E-state index contributed by atoms with van der Waals surface area (Å²) in [5, 5.41) is 0. The average molecular weight is 279 g/mol. The minimum absolute atomic E-state index is 0.0669. The first-order valence-electron chi connectivity index (χ1n) is 7.29. The van der Waals surface area contributed by atoms with Gasteiger partial charge in [0.15, 0.2) is 0 Å². The highest BCUT2D eigenvalue weighted by Crippen LogP contribution is 2.08. The second-order valence-electron chi connectivity index (χ2n) is 4.98. The second kappa shape index (κ2) is 8.05. The Bertz CT molecular complexity index is 575. The molecule has 0 N–H and O–H groups in total. The fourth-order valence-corrected chi connectivity index (χ4v) is 2.23. The number of hydrogen-bond acceptors (Lipinski definition) is 1. The van der Waals surface area contributed by atoms with Gasteiger partial charge in [0.05, 0.1) is 0 Å². The highest BCUT2D eigenvalue weighted by atomic mass is 16.2. The lowest BCUT2D eigenvalue weighted by Gasteiger charge is -2.21. The number of hydrogen-bond donors (Lipinski definition) is 0. The molecule has 0 saturated carbocycles. The molecule has 2 nitrogen and oxygen atoms in total. The van der Waals surface area contributed by atoms with E-state index in [9.17, 15) is 4.79 Å². The normalized spacial score (nSPS) is 10.7. The summed E-state index contributed by atoms with van der Waals surface area (Å²) in [5.41, 5.74) is 2.41. The van der Waals surface area contributed by atoms with Crippen LogP contribution in [0.15, 0.2) is 72.8 Å². The van der Waals surface area contributed by atoms with E-state index in [4.69, 9.17) is 0 Å². The van der Waals surface area contributed by atoms with Crippen molar-refractivity contribution in [1.82, 2.24) is 4.90 Å². The quantitative estimate of drug-likeness (QED) is 0.736. The van der Waals surface area contributed by atoms with Crippen LogP contribution in [0.2, 0.25) is 0 Å². The zero-order valence-corrected chi connectivity index (χ0v) is 12.4. The number of amides is 1. The number of rotatable bonds is 6. The van der Waals surface area contributed by atoms with Crippen LogP contribution in [-0.4, -0.2) is 17.4 Å². The fraction of sp³-hybridized carbons (Fsp3) is 0.211. The lowest BCUT2D eigenvalue weighted by atomic mass is 10.1. The molecule has 0 aliphatic carbocycles. The Labute approximate surface area is 126 Å². The van der Waals surface area contributed by atoms with Crippen molar-refractivity contribution in [2.75, 3.05) is 6.54 Å². The third kappa shape index (κ3) is 4.92. The number of carbonyl (C=O) groups is 1. The minimum Gasteiger partial charge on any atom is -0.335 e. The predicted octanol–water partition coefficient (Wildman–Crippen LogP) is 3.83. The molecule has 2 aromatic rings. The molecule has 0 radical (unpaired) electrons. The van der Waals surface area contributed by atoms with Gasteiger partial charge in [-0.25, -0.2) is 0 Å². The SMILES string of the molecule is C/C=C/C(=O)N(CCc1ccccc1)Cc1ccccc1. The molecule has 0 saturated heterocycles. The molecule has 108 valence electrons. The number of carbonyl (C=O) groups excluding carboxylic acids is 1. The van der Waals surface area contributed by atoms with Crippen LogP contribution in [0.3, 0.4) is 0 Å². The Morgan fingerprint density at radius 2 is 1.52 bits per heavy atom. The summed E-state index contributed by atoms with van der Waals surface area (Å²) in [6.45, 7) is 3.24. The second-order valence-corrected chi connectivity index (χ2v) is 4.98. The van der Waals surface area contributed by atoms with Crippen molar-refractivity contribution < 1.29 is 4.79 Å². The Morgan fingerprint density at radius 3 is 2.10 bits per heavy atom. The van der Waals surface area contributed by atoms with Gasteiger partial charge in [0, 0.05) is 13.1 Å². The Kier molecular flexibility index (Phi) is 5.77. The molecule has 1 amide bonds. The van der Waals surface area contributed by atoms with Gasteiger partial charge in [0.2, 0.25) is 5.91 Å². The monoisotopic (exact) mass is 279 g/mol. The standard InChI is InChI=1S/C19H21NO/c1-2-9-19(21)20(16-18-12-7-4-8-13-18)15-14-17-10-5-3-6-11-17/h2-13H,14-16H2,1H3/b9-2+. The van der Waals surface area contributed by atoms with Crippen molar-refractivity contribution in [2.45, 2.75) is 19.9 Å². The molecule has 0 aliphatic rings. The van der Waals surface area contributed by atoms with Crippen molar-refractivity contribution in [2.24, 2.45) is 0 Å². The van der Waals surface area contributed by atoms with Crippen LogP contribution < -0.4 is 0 Å². The molecule has 0 aliphatic heterocycles. The van der Waals surface area contributed by atoms with Crippen molar-refractivity contribution in [1.29, 1.82) is 0 Å². The molecule has 0 heterocycles. The maximum atomic E-state index is 12.2. The van der Waals surface area contributed by atoms with E-state index in [2.05, 4.69) is 24.3 Å². The average Bonchev–Trinajstić information content (AvgIpc) is 2.53. The predicted molar refractivity (Wildman–Crippen MR) is 86.8 cm³/mol. The van der Waals surface area contributed by atoms with Gasteiger partial charge >= 0.3 is 0 Å². The molecule has 2 heteroatoms. The number of benzene rings is 2. The molecule has 0 bridgehead atoms. The maximum Gasteiger partial charge on any atom is 0.246 e. The molecular formula is C19H21NO. The van der Waals surface area contributed by atoms with Crippen LogP contribution in [0.25, 0.3) is 0 Å². The van der Waals surface area contributed by atoms with Crippen LogP contribution in [0, 0.1) is 0 Å². The van der Waals surface area contributed by atoms with Gasteiger partial charge in [0.1, 0.15) is 0 Å². The zero-order valence-electron chi connectivity index (χ0n) is 12.4. The van der Waals surface area contributed by atoms with E-state index >= 15 is 0 Å². The van der Waals surface area contributed by atoms with E-state index in [1.165, 1.54) is 5.56 Å². The largest absolute Gasteiger partial charge is 0.335 e. The van der Waals surface area contributed by atoms with Crippen LogP contribution in [0.4, 0.5) is 0 Å². The van der Waals surface area contributed by atoms with Crippen molar-refractivity contribution in [3.63, 3.8) is 0 Å². The summed E-state index contributed by atoms with van der Waals surface area (Å²) >= 11 is 0. The molecule has 2 aromatic carbocycles. The minimum atomic E-state index is 0.0669. The lowest BCUT2D eigenvalue weighted by Crippen LogP contribution is -2.31. The zero-order chi connectivity index (χ0) is 14.9. The Hall–Kier alpha value is -2.35.